The summed E-state index contributed by atoms with van der Waals surface area (Å²) in [5.41, 5.74) is -0.0768. The highest BCUT2D eigenvalue weighted by molar-refractivity contribution is 5.96. The van der Waals surface area contributed by atoms with Crippen molar-refractivity contribution in [3.8, 4) is 0 Å². The predicted octanol–water partition coefficient (Wildman–Crippen LogP) is -0.417. The largest absolute Gasteiger partial charge is 0.480 e. The number of amides is 1. The normalized spacial score (nSPS) is 22.5. The van der Waals surface area contributed by atoms with Gasteiger partial charge in [0, 0.05) is 19.0 Å². The smallest absolute Gasteiger partial charge is 0.326 e. The second kappa shape index (κ2) is 4.69. The lowest BCUT2D eigenvalue weighted by Crippen LogP contribution is -2.40. The number of hydrogen-bond donors (Lipinski definition) is 3. The number of aliphatic hydroxyl groups is 1. The Bertz CT molecular complexity index is 539. The highest BCUT2D eigenvalue weighted by Crippen LogP contribution is 2.21. The van der Waals surface area contributed by atoms with Gasteiger partial charge in [-0.2, -0.15) is 0 Å². The van der Waals surface area contributed by atoms with E-state index in [0.717, 1.165) is 11.0 Å². The number of β-amino-alcohol motifs (C(OH)–C–C–N with tert-alkyl or cyclic N) is 1. The van der Waals surface area contributed by atoms with E-state index >= 15 is 0 Å². The summed E-state index contributed by atoms with van der Waals surface area (Å²) in [5.74, 6) is -2.25. The number of nitrogens with zero attached hydrogens (tertiary/aromatic N) is 2. The number of aromatic nitrogens is 1. The van der Waals surface area contributed by atoms with Gasteiger partial charge in [0.05, 0.1) is 6.10 Å². The molecule has 2 heterocycles. The molecule has 9 nitrogen and oxygen atoms in total. The van der Waals surface area contributed by atoms with E-state index in [2.05, 4.69) is 4.98 Å². The van der Waals surface area contributed by atoms with E-state index in [-0.39, 0.29) is 24.5 Å². The zero-order valence-corrected chi connectivity index (χ0v) is 9.65. The number of aliphatic carboxylic acids is 1. The molecule has 102 valence electrons. The minimum atomic E-state index is -1.22. The molecule has 0 spiro atoms. The van der Waals surface area contributed by atoms with Gasteiger partial charge in [-0.25, -0.2) is 9.78 Å². The Labute approximate surface area is 106 Å². The Kier molecular flexibility index (Phi) is 3.21. The van der Waals surface area contributed by atoms with E-state index in [1.54, 1.807) is 0 Å². The highest BCUT2D eigenvalue weighted by atomic mass is 16.6. The first-order valence-corrected chi connectivity index (χ1v) is 5.45. The Morgan fingerprint density at radius 3 is 2.68 bits per heavy atom. The molecule has 0 aromatic carbocycles. The average Bonchev–Trinajstić information content (AvgIpc) is 2.94. The number of carbonyl (C=O) groups is 2. The van der Waals surface area contributed by atoms with E-state index in [1.807, 2.05) is 0 Å². The van der Waals surface area contributed by atoms with Crippen LogP contribution in [0.4, 0.5) is 5.82 Å². The third-order valence-corrected chi connectivity index (χ3v) is 2.92. The molecule has 1 aliphatic rings. The highest BCUT2D eigenvalue weighted by Gasteiger charge is 2.40. The van der Waals surface area contributed by atoms with Crippen molar-refractivity contribution >= 4 is 17.7 Å². The molecule has 19 heavy (non-hydrogen) atoms. The van der Waals surface area contributed by atoms with Crippen LogP contribution in [-0.2, 0) is 4.79 Å². The Morgan fingerprint density at radius 2 is 2.16 bits per heavy atom. The number of carboxylic acid groups (broad SMARTS) is 1. The van der Waals surface area contributed by atoms with Crippen molar-refractivity contribution in [1.29, 1.82) is 0 Å². The second-order valence-electron chi connectivity index (χ2n) is 4.22. The number of rotatable bonds is 3. The number of aliphatic hydroxyl groups excluding tert-OH is 1. The first kappa shape index (κ1) is 13.0. The van der Waals surface area contributed by atoms with Crippen molar-refractivity contribution in [3.05, 3.63) is 27.9 Å². The van der Waals surface area contributed by atoms with Crippen LogP contribution in [0.3, 0.4) is 0 Å². The molecule has 1 saturated heterocycles. The van der Waals surface area contributed by atoms with Crippen molar-refractivity contribution < 1.29 is 24.7 Å². The zero-order chi connectivity index (χ0) is 14.2. The maximum absolute atomic E-state index is 12.0. The molecule has 3 N–H and O–H groups in total. The summed E-state index contributed by atoms with van der Waals surface area (Å²) in [7, 11) is 0. The van der Waals surface area contributed by atoms with Gasteiger partial charge < -0.3 is 25.2 Å². The topological polar surface area (TPSA) is 137 Å². The third-order valence-electron chi connectivity index (χ3n) is 2.92. The van der Waals surface area contributed by atoms with Gasteiger partial charge >= 0.3 is 11.8 Å². The molecular weight excluding hydrogens is 258 g/mol. The van der Waals surface area contributed by atoms with Crippen LogP contribution < -0.4 is 0 Å². The summed E-state index contributed by atoms with van der Waals surface area (Å²) in [5, 5.41) is 28.9. The van der Waals surface area contributed by atoms with E-state index in [1.165, 1.54) is 6.07 Å². The van der Waals surface area contributed by atoms with Crippen molar-refractivity contribution in [2.24, 2.45) is 0 Å². The molecular formula is C10H11N3O6. The van der Waals surface area contributed by atoms with Crippen LogP contribution in [0.15, 0.2) is 12.1 Å². The van der Waals surface area contributed by atoms with Crippen molar-refractivity contribution in [2.75, 3.05) is 6.54 Å². The first-order valence-electron chi connectivity index (χ1n) is 5.45. The van der Waals surface area contributed by atoms with Crippen LogP contribution in [0.25, 0.3) is 0 Å². The van der Waals surface area contributed by atoms with Crippen molar-refractivity contribution in [1.82, 2.24) is 9.88 Å². The molecule has 1 amide bonds. The summed E-state index contributed by atoms with van der Waals surface area (Å²) in [6.07, 6.45) is -0.959. The predicted molar refractivity (Wildman–Crippen MR) is 60.5 cm³/mol. The maximum Gasteiger partial charge on any atom is 0.326 e. The molecule has 2 atom stereocenters. The molecule has 2 unspecified atom stereocenters. The monoisotopic (exact) mass is 269 g/mol. The molecule has 1 aliphatic heterocycles. The minimum absolute atomic E-state index is 0.0517. The third kappa shape index (κ3) is 2.40. The molecule has 0 aliphatic carbocycles. The van der Waals surface area contributed by atoms with Gasteiger partial charge in [0.25, 0.3) is 5.91 Å². The Hall–Kier alpha value is -2.42. The first-order chi connectivity index (χ1) is 8.90. The number of carboxylic acids is 1. The zero-order valence-electron chi connectivity index (χ0n) is 9.65. The molecule has 0 radical (unpaired) electrons. The van der Waals surface area contributed by atoms with Crippen LogP contribution in [0.1, 0.15) is 16.9 Å². The number of nitrogens with one attached hydrogen (secondary N) is 1. The SMILES string of the molecule is O=C(O)C1CC(O)CN1C(=O)c1ccc([N+](=O)[O-])[nH]1. The Balaban J connectivity index is 2.22. The molecule has 1 aromatic rings. The van der Waals surface area contributed by atoms with Crippen LogP contribution in [-0.4, -0.2) is 55.6 Å². The maximum atomic E-state index is 12.0. The molecule has 2 rings (SSSR count). The van der Waals surface area contributed by atoms with Gasteiger partial charge in [0.2, 0.25) is 0 Å². The fraction of sp³-hybridized carbons (Fsp3) is 0.400. The van der Waals surface area contributed by atoms with Crippen LogP contribution in [0.2, 0.25) is 0 Å². The number of carbonyl (C=O) groups excluding carboxylic acids is 1. The lowest BCUT2D eigenvalue weighted by Gasteiger charge is -2.19. The van der Waals surface area contributed by atoms with Crippen molar-refractivity contribution in [2.45, 2.75) is 18.6 Å². The quantitative estimate of drug-likeness (QED) is 0.503. The van der Waals surface area contributed by atoms with Crippen LogP contribution >= 0.6 is 0 Å². The van der Waals surface area contributed by atoms with Crippen molar-refractivity contribution in [3.63, 3.8) is 0 Å². The fourth-order valence-electron chi connectivity index (χ4n) is 2.04. The lowest BCUT2D eigenvalue weighted by molar-refractivity contribution is -0.389. The summed E-state index contributed by atoms with van der Waals surface area (Å²) in [6, 6.07) is 1.21. The van der Waals surface area contributed by atoms with Gasteiger partial charge in [0.1, 0.15) is 6.04 Å². The number of nitro groups is 1. The average molecular weight is 269 g/mol. The number of aromatic amines is 1. The standard InChI is InChI=1S/C10H11N3O6/c14-5-3-7(10(16)17)12(4-5)9(15)6-1-2-8(11-6)13(18)19/h1-2,5,7,11,14H,3-4H2,(H,16,17). The van der Waals surface area contributed by atoms with E-state index in [0.29, 0.717) is 0 Å². The summed E-state index contributed by atoms with van der Waals surface area (Å²) in [6.45, 7) is -0.109. The van der Waals surface area contributed by atoms with Gasteiger partial charge in [-0.1, -0.05) is 0 Å². The lowest BCUT2D eigenvalue weighted by atomic mass is 10.2. The second-order valence-corrected chi connectivity index (χ2v) is 4.22. The summed E-state index contributed by atoms with van der Waals surface area (Å²) in [4.78, 5) is 36.1. The number of H-pyrrole nitrogens is 1. The van der Waals surface area contributed by atoms with E-state index in [9.17, 15) is 24.8 Å². The Morgan fingerprint density at radius 1 is 1.47 bits per heavy atom. The molecule has 1 aromatic heterocycles. The van der Waals surface area contributed by atoms with Crippen LogP contribution in [0.5, 0.6) is 0 Å². The van der Waals surface area contributed by atoms with Gasteiger partial charge in [-0.15, -0.1) is 0 Å². The summed E-state index contributed by atoms with van der Waals surface area (Å²) < 4.78 is 0. The van der Waals surface area contributed by atoms with Gasteiger partial charge in [-0.3, -0.25) is 4.79 Å². The molecule has 0 saturated carbocycles. The van der Waals surface area contributed by atoms with Gasteiger partial charge in [-0.05, 0) is 11.0 Å². The molecule has 9 heteroatoms. The van der Waals surface area contributed by atoms with E-state index in [4.69, 9.17) is 5.11 Å². The molecule has 0 bridgehead atoms. The fourth-order valence-corrected chi connectivity index (χ4v) is 2.04. The van der Waals surface area contributed by atoms with Crippen LogP contribution in [0, 0.1) is 10.1 Å². The van der Waals surface area contributed by atoms with E-state index < -0.39 is 28.9 Å². The number of likely N-dealkylation sites (tertiary alicyclic amines) is 1. The number of hydrogen-bond acceptors (Lipinski definition) is 5. The van der Waals surface area contributed by atoms with Gasteiger partial charge in [0.15, 0.2) is 5.69 Å². The molecule has 1 fully saturated rings. The summed E-state index contributed by atoms with van der Waals surface area (Å²) >= 11 is 0. The minimum Gasteiger partial charge on any atom is -0.480 e.